The number of nitrogens with one attached hydrogen (secondary N) is 1. The van der Waals surface area contributed by atoms with Crippen molar-refractivity contribution in [2.75, 3.05) is 0 Å². The summed E-state index contributed by atoms with van der Waals surface area (Å²) in [6.45, 7) is 3.50. The average molecular weight is 371 g/mol. The third-order valence-electron chi connectivity index (χ3n) is 3.91. The third-order valence-corrected chi connectivity index (χ3v) is 4.14. The highest BCUT2D eigenvalue weighted by molar-refractivity contribution is 6.30. The zero-order valence-corrected chi connectivity index (χ0v) is 14.8. The lowest BCUT2D eigenvalue weighted by Crippen LogP contribution is -2.17. The van der Waals surface area contributed by atoms with E-state index in [1.165, 1.54) is 23.0 Å². The van der Waals surface area contributed by atoms with Crippen LogP contribution in [0.4, 0.5) is 11.4 Å². The Labute approximate surface area is 153 Å². The lowest BCUT2D eigenvalue weighted by atomic mass is 10.2. The first kappa shape index (κ1) is 17.6. The lowest BCUT2D eigenvalue weighted by molar-refractivity contribution is -0.384. The number of aromatic nitrogens is 2. The predicted octanol–water partition coefficient (Wildman–Crippen LogP) is 4.09. The normalized spacial score (nSPS) is 11.2. The van der Waals surface area contributed by atoms with E-state index in [2.05, 4.69) is 10.1 Å². The van der Waals surface area contributed by atoms with Gasteiger partial charge in [0.25, 0.3) is 11.2 Å². The van der Waals surface area contributed by atoms with Gasteiger partial charge in [0.15, 0.2) is 0 Å². The molecule has 0 saturated carbocycles. The quantitative estimate of drug-likeness (QED) is 0.425. The molecule has 0 spiro atoms. The highest BCUT2D eigenvalue weighted by Crippen LogP contribution is 2.23. The summed E-state index contributed by atoms with van der Waals surface area (Å²) in [5, 5.41) is 14.3. The molecule has 1 aromatic heterocycles. The first-order valence-corrected chi connectivity index (χ1v) is 8.11. The Hall–Kier alpha value is -3.19. The van der Waals surface area contributed by atoms with E-state index in [0.29, 0.717) is 33.2 Å². The van der Waals surface area contributed by atoms with Crippen LogP contribution in [0, 0.1) is 24.0 Å². The second-order valence-electron chi connectivity index (χ2n) is 5.76. The van der Waals surface area contributed by atoms with Gasteiger partial charge in [-0.3, -0.25) is 25.0 Å². The Morgan fingerprint density at radius 2 is 2.00 bits per heavy atom. The highest BCUT2D eigenvalue weighted by Gasteiger charge is 2.12. The fourth-order valence-electron chi connectivity index (χ4n) is 2.54. The zero-order valence-electron chi connectivity index (χ0n) is 14.1. The van der Waals surface area contributed by atoms with Gasteiger partial charge in [0.1, 0.15) is 0 Å². The highest BCUT2D eigenvalue weighted by atomic mass is 35.5. The van der Waals surface area contributed by atoms with Crippen LogP contribution in [0.2, 0.25) is 5.02 Å². The molecule has 0 aliphatic carbocycles. The van der Waals surface area contributed by atoms with Crippen molar-refractivity contribution in [3.63, 3.8) is 0 Å². The Balaban J connectivity index is 1.97. The fraction of sp³-hybridized carbons (Fsp3) is 0.111. The first-order valence-electron chi connectivity index (χ1n) is 7.73. The average Bonchev–Trinajstić information content (AvgIpc) is 2.88. The lowest BCUT2D eigenvalue weighted by Gasteiger charge is -2.01. The number of benzene rings is 2. The molecule has 0 aliphatic heterocycles. The summed E-state index contributed by atoms with van der Waals surface area (Å²) in [6, 6.07) is 11.3. The summed E-state index contributed by atoms with van der Waals surface area (Å²) in [5.74, 6) is 0. The number of nitro groups is 1. The molecule has 0 radical (unpaired) electrons. The Kier molecular flexibility index (Phi) is 4.73. The van der Waals surface area contributed by atoms with Crippen LogP contribution in [0.15, 0.2) is 52.3 Å². The first-order chi connectivity index (χ1) is 12.4. The maximum Gasteiger partial charge on any atom is 0.280 e. The number of aromatic amines is 1. The molecule has 3 aromatic rings. The van der Waals surface area contributed by atoms with Crippen LogP contribution >= 0.6 is 11.6 Å². The van der Waals surface area contributed by atoms with Gasteiger partial charge >= 0.3 is 0 Å². The van der Waals surface area contributed by atoms with E-state index in [0.717, 1.165) is 0 Å². The maximum atomic E-state index is 12.7. The Morgan fingerprint density at radius 3 is 2.65 bits per heavy atom. The van der Waals surface area contributed by atoms with Gasteiger partial charge in [-0.1, -0.05) is 17.7 Å². The number of hydrogen-bond acceptors (Lipinski definition) is 4. The molecular formula is C18H15ClN4O3. The smallest absolute Gasteiger partial charge is 0.280 e. The number of hydrogen-bond donors (Lipinski definition) is 1. The molecular weight excluding hydrogens is 356 g/mol. The topological polar surface area (TPSA) is 93.3 Å². The second-order valence-corrected chi connectivity index (χ2v) is 6.19. The number of nitro benzene ring substituents is 1. The van der Waals surface area contributed by atoms with E-state index in [4.69, 9.17) is 11.6 Å². The van der Waals surface area contributed by atoms with Crippen LogP contribution in [0.25, 0.3) is 5.69 Å². The van der Waals surface area contributed by atoms with Crippen molar-refractivity contribution in [1.29, 1.82) is 0 Å². The van der Waals surface area contributed by atoms with Gasteiger partial charge in [-0.2, -0.15) is 0 Å². The minimum absolute atomic E-state index is 0.00240. The van der Waals surface area contributed by atoms with Crippen LogP contribution < -0.4 is 5.56 Å². The molecule has 0 aliphatic rings. The number of aryl methyl sites for hydroxylation is 2. The van der Waals surface area contributed by atoms with E-state index >= 15 is 0 Å². The van der Waals surface area contributed by atoms with Crippen molar-refractivity contribution in [1.82, 2.24) is 9.78 Å². The van der Waals surface area contributed by atoms with Crippen molar-refractivity contribution < 1.29 is 4.92 Å². The van der Waals surface area contributed by atoms with Crippen LogP contribution in [0.5, 0.6) is 0 Å². The molecule has 132 valence electrons. The molecule has 7 nitrogen and oxygen atoms in total. The summed E-state index contributed by atoms with van der Waals surface area (Å²) in [5.41, 5.74) is 2.64. The molecule has 0 saturated heterocycles. The molecule has 0 unspecified atom stereocenters. The largest absolute Gasteiger partial charge is 0.295 e. The van der Waals surface area contributed by atoms with Crippen molar-refractivity contribution in [3.05, 3.63) is 84.8 Å². The number of halogens is 1. The van der Waals surface area contributed by atoms with Gasteiger partial charge in [-0.05, 0) is 43.7 Å². The number of nitrogens with zero attached hydrogens (tertiary/aromatic N) is 3. The maximum absolute atomic E-state index is 12.7. The molecule has 1 heterocycles. The van der Waals surface area contributed by atoms with E-state index in [9.17, 15) is 14.9 Å². The van der Waals surface area contributed by atoms with Crippen molar-refractivity contribution in [2.45, 2.75) is 13.8 Å². The summed E-state index contributed by atoms with van der Waals surface area (Å²) in [4.78, 5) is 27.3. The van der Waals surface area contributed by atoms with Crippen LogP contribution in [-0.4, -0.2) is 20.9 Å². The Bertz CT molecular complexity index is 1080. The molecule has 8 heteroatoms. The molecule has 0 amide bonds. The van der Waals surface area contributed by atoms with Crippen LogP contribution in [0.3, 0.4) is 0 Å². The summed E-state index contributed by atoms with van der Waals surface area (Å²) < 4.78 is 1.39. The molecule has 1 N–H and O–H groups in total. The van der Waals surface area contributed by atoms with Crippen LogP contribution in [0.1, 0.15) is 16.8 Å². The molecule has 3 rings (SSSR count). The molecule has 0 fully saturated rings. The predicted molar refractivity (Wildman–Crippen MR) is 101 cm³/mol. The Morgan fingerprint density at radius 1 is 1.23 bits per heavy atom. The standard InChI is InChI=1S/C18H15ClN4O3/c1-11-8-15(23(25)26)6-7-17(11)20-10-16-12(2)21-22(18(16)24)14-5-3-4-13(19)9-14/h3-10,21H,1-2H3. The van der Waals surface area contributed by atoms with Gasteiger partial charge < -0.3 is 0 Å². The van der Waals surface area contributed by atoms with Crippen molar-refractivity contribution >= 4 is 29.2 Å². The van der Waals surface area contributed by atoms with E-state index in [-0.39, 0.29) is 11.2 Å². The summed E-state index contributed by atoms with van der Waals surface area (Å²) in [7, 11) is 0. The van der Waals surface area contributed by atoms with E-state index in [1.54, 1.807) is 44.2 Å². The van der Waals surface area contributed by atoms with Gasteiger partial charge in [0.05, 0.1) is 21.9 Å². The minimum atomic E-state index is -0.458. The van der Waals surface area contributed by atoms with E-state index in [1.807, 2.05) is 0 Å². The van der Waals surface area contributed by atoms with Crippen molar-refractivity contribution in [2.24, 2.45) is 4.99 Å². The zero-order chi connectivity index (χ0) is 18.8. The molecule has 0 bridgehead atoms. The van der Waals surface area contributed by atoms with Gasteiger partial charge in [-0.15, -0.1) is 0 Å². The van der Waals surface area contributed by atoms with E-state index < -0.39 is 4.92 Å². The molecule has 26 heavy (non-hydrogen) atoms. The number of H-pyrrole nitrogens is 1. The third kappa shape index (κ3) is 3.43. The molecule has 0 atom stereocenters. The van der Waals surface area contributed by atoms with Crippen molar-refractivity contribution in [3.8, 4) is 5.69 Å². The van der Waals surface area contributed by atoms with Gasteiger partial charge in [0.2, 0.25) is 0 Å². The number of rotatable bonds is 4. The van der Waals surface area contributed by atoms with Gasteiger partial charge in [0, 0.05) is 29.1 Å². The van der Waals surface area contributed by atoms with Gasteiger partial charge in [-0.25, -0.2) is 4.68 Å². The fourth-order valence-corrected chi connectivity index (χ4v) is 2.73. The SMILES string of the molecule is Cc1cc([N+](=O)[O-])ccc1N=Cc1c(C)[nH]n(-c2cccc(Cl)c2)c1=O. The summed E-state index contributed by atoms with van der Waals surface area (Å²) >= 11 is 5.98. The summed E-state index contributed by atoms with van der Waals surface area (Å²) in [6.07, 6.45) is 1.46. The van der Waals surface area contributed by atoms with Crippen LogP contribution in [-0.2, 0) is 0 Å². The monoisotopic (exact) mass is 370 g/mol. The number of aliphatic imine (C=N–C) groups is 1. The second kappa shape index (κ2) is 6.97. The number of non-ortho nitro benzene ring substituents is 1. The molecule has 2 aromatic carbocycles. The minimum Gasteiger partial charge on any atom is -0.295 e.